The second-order valence-corrected chi connectivity index (χ2v) is 5.84. The maximum Gasteiger partial charge on any atom is 0.225 e. The van der Waals surface area contributed by atoms with Crippen LogP contribution in [0.3, 0.4) is 0 Å². The van der Waals surface area contributed by atoms with E-state index in [1.54, 1.807) is 0 Å². The number of anilines is 1. The summed E-state index contributed by atoms with van der Waals surface area (Å²) in [5.41, 5.74) is 0.609. The van der Waals surface area contributed by atoms with Crippen molar-refractivity contribution < 1.29 is 0 Å². The van der Waals surface area contributed by atoms with Crippen molar-refractivity contribution in [1.82, 2.24) is 14.9 Å². The molecule has 2 aliphatic rings. The smallest absolute Gasteiger partial charge is 0.225 e. The van der Waals surface area contributed by atoms with Crippen molar-refractivity contribution in [3.8, 4) is 0 Å². The first-order valence-corrected chi connectivity index (χ1v) is 6.98. The molecule has 98 valence electrons. The molecule has 0 bridgehead atoms. The van der Waals surface area contributed by atoms with Crippen LogP contribution in [0.1, 0.15) is 25.7 Å². The number of hydrogen-bond donors (Lipinski definition) is 0. The predicted octanol–water partition coefficient (Wildman–Crippen LogP) is 1.79. The molecule has 4 nitrogen and oxygen atoms in total. The van der Waals surface area contributed by atoms with Crippen LogP contribution in [0.4, 0.5) is 5.95 Å². The topological polar surface area (TPSA) is 32.3 Å². The standard InChI is InChI=1S/C14H22N4/c1-17-9-3-14(4-10-17)5-11-18(12-6-14)13-15-7-2-8-16-13/h2,7-8H,3-6,9-12H2,1H3. The Kier molecular flexibility index (Phi) is 3.20. The fraction of sp³-hybridized carbons (Fsp3) is 0.714. The Bertz CT molecular complexity index is 374. The Balaban J connectivity index is 1.61. The summed E-state index contributed by atoms with van der Waals surface area (Å²) in [7, 11) is 2.24. The average Bonchev–Trinajstić information content (AvgIpc) is 2.44. The molecule has 0 N–H and O–H groups in total. The fourth-order valence-electron chi connectivity index (χ4n) is 3.23. The molecule has 3 heterocycles. The van der Waals surface area contributed by atoms with E-state index in [0.29, 0.717) is 5.41 Å². The first-order chi connectivity index (χ1) is 8.77. The summed E-state index contributed by atoms with van der Waals surface area (Å²) in [5.74, 6) is 0.903. The first-order valence-electron chi connectivity index (χ1n) is 6.98. The molecule has 0 radical (unpaired) electrons. The van der Waals surface area contributed by atoms with Gasteiger partial charge in [0.1, 0.15) is 0 Å². The number of nitrogens with zero attached hydrogens (tertiary/aromatic N) is 4. The summed E-state index contributed by atoms with van der Waals surface area (Å²) in [6.07, 6.45) is 9.02. The van der Waals surface area contributed by atoms with E-state index in [-0.39, 0.29) is 0 Å². The summed E-state index contributed by atoms with van der Waals surface area (Å²) in [4.78, 5) is 13.5. The zero-order valence-corrected chi connectivity index (χ0v) is 11.2. The van der Waals surface area contributed by atoms with Crippen LogP contribution >= 0.6 is 0 Å². The van der Waals surface area contributed by atoms with Crippen molar-refractivity contribution in [2.75, 3.05) is 38.1 Å². The molecule has 2 saturated heterocycles. The second-order valence-electron chi connectivity index (χ2n) is 5.84. The van der Waals surface area contributed by atoms with Crippen molar-refractivity contribution in [2.24, 2.45) is 5.41 Å². The van der Waals surface area contributed by atoms with Crippen LogP contribution in [0, 0.1) is 5.41 Å². The summed E-state index contributed by atoms with van der Waals surface area (Å²) in [6, 6.07) is 1.88. The van der Waals surface area contributed by atoms with Crippen molar-refractivity contribution >= 4 is 5.95 Å². The van der Waals surface area contributed by atoms with Crippen LogP contribution in [0.25, 0.3) is 0 Å². The van der Waals surface area contributed by atoms with Crippen molar-refractivity contribution in [3.05, 3.63) is 18.5 Å². The van der Waals surface area contributed by atoms with Crippen molar-refractivity contribution in [2.45, 2.75) is 25.7 Å². The van der Waals surface area contributed by atoms with Crippen LogP contribution < -0.4 is 4.90 Å². The van der Waals surface area contributed by atoms with Gasteiger partial charge in [0.05, 0.1) is 0 Å². The van der Waals surface area contributed by atoms with Gasteiger partial charge in [-0.2, -0.15) is 0 Å². The van der Waals surface area contributed by atoms with Gasteiger partial charge in [0.2, 0.25) is 5.95 Å². The fourth-order valence-corrected chi connectivity index (χ4v) is 3.23. The molecule has 1 aromatic rings. The van der Waals surface area contributed by atoms with Crippen LogP contribution in [-0.4, -0.2) is 48.1 Å². The van der Waals surface area contributed by atoms with E-state index in [1.165, 1.54) is 38.8 Å². The highest BCUT2D eigenvalue weighted by Crippen LogP contribution is 2.41. The van der Waals surface area contributed by atoms with E-state index in [1.807, 2.05) is 18.5 Å². The molecule has 1 spiro atoms. The minimum absolute atomic E-state index is 0.609. The maximum atomic E-state index is 4.35. The molecule has 0 aromatic carbocycles. The van der Waals surface area contributed by atoms with Gasteiger partial charge in [0.15, 0.2) is 0 Å². The highest BCUT2D eigenvalue weighted by atomic mass is 15.2. The monoisotopic (exact) mass is 246 g/mol. The normalized spacial score (nSPS) is 24.4. The van der Waals surface area contributed by atoms with Crippen LogP contribution in [-0.2, 0) is 0 Å². The molecule has 0 amide bonds. The summed E-state index contributed by atoms with van der Waals surface area (Å²) >= 11 is 0. The van der Waals surface area contributed by atoms with Crippen molar-refractivity contribution in [1.29, 1.82) is 0 Å². The highest BCUT2D eigenvalue weighted by molar-refractivity contribution is 5.29. The zero-order valence-electron chi connectivity index (χ0n) is 11.2. The molecule has 2 aliphatic heterocycles. The largest absolute Gasteiger partial charge is 0.341 e. The number of hydrogen-bond acceptors (Lipinski definition) is 4. The average molecular weight is 246 g/mol. The molecule has 4 heteroatoms. The lowest BCUT2D eigenvalue weighted by Crippen LogP contribution is -2.46. The van der Waals surface area contributed by atoms with Gasteiger partial charge in [-0.3, -0.25) is 0 Å². The van der Waals surface area contributed by atoms with Gasteiger partial charge in [-0.25, -0.2) is 9.97 Å². The lowest BCUT2D eigenvalue weighted by atomic mass is 9.71. The lowest BCUT2D eigenvalue weighted by molar-refractivity contribution is 0.0941. The number of likely N-dealkylation sites (tertiary alicyclic amines) is 1. The Morgan fingerprint density at radius 3 is 2.11 bits per heavy atom. The molecular weight excluding hydrogens is 224 g/mol. The van der Waals surface area contributed by atoms with E-state index in [4.69, 9.17) is 0 Å². The Labute approximate surface area is 109 Å². The van der Waals surface area contributed by atoms with E-state index in [2.05, 4.69) is 26.8 Å². The number of rotatable bonds is 1. The lowest BCUT2D eigenvalue weighted by Gasteiger charge is -2.46. The van der Waals surface area contributed by atoms with Crippen LogP contribution in [0.2, 0.25) is 0 Å². The molecule has 0 aliphatic carbocycles. The molecular formula is C14H22N4. The van der Waals surface area contributed by atoms with E-state index in [9.17, 15) is 0 Å². The van der Waals surface area contributed by atoms with Gasteiger partial charge in [-0.05, 0) is 57.3 Å². The first kappa shape index (κ1) is 11.9. The summed E-state index contributed by atoms with van der Waals surface area (Å²) in [6.45, 7) is 4.77. The van der Waals surface area contributed by atoms with Gasteiger partial charge in [0.25, 0.3) is 0 Å². The highest BCUT2D eigenvalue weighted by Gasteiger charge is 2.37. The molecule has 0 atom stereocenters. The van der Waals surface area contributed by atoms with Crippen molar-refractivity contribution in [3.63, 3.8) is 0 Å². The van der Waals surface area contributed by atoms with E-state index < -0.39 is 0 Å². The predicted molar refractivity (Wildman–Crippen MR) is 72.6 cm³/mol. The molecule has 0 saturated carbocycles. The maximum absolute atomic E-state index is 4.35. The van der Waals surface area contributed by atoms with Gasteiger partial charge < -0.3 is 9.80 Å². The molecule has 2 fully saturated rings. The number of piperidine rings is 2. The van der Waals surface area contributed by atoms with Crippen LogP contribution in [0.15, 0.2) is 18.5 Å². The minimum Gasteiger partial charge on any atom is -0.341 e. The Hall–Kier alpha value is -1.16. The van der Waals surface area contributed by atoms with Crippen LogP contribution in [0.5, 0.6) is 0 Å². The molecule has 1 aromatic heterocycles. The molecule has 0 unspecified atom stereocenters. The van der Waals surface area contributed by atoms with Gasteiger partial charge in [-0.15, -0.1) is 0 Å². The summed E-state index contributed by atoms with van der Waals surface area (Å²) < 4.78 is 0. The number of aromatic nitrogens is 2. The molecule has 3 rings (SSSR count). The molecule has 18 heavy (non-hydrogen) atoms. The third-order valence-electron chi connectivity index (χ3n) is 4.71. The quantitative estimate of drug-likeness (QED) is 0.756. The SMILES string of the molecule is CN1CCC2(CC1)CCN(c1ncccn1)CC2. The van der Waals surface area contributed by atoms with Gasteiger partial charge in [-0.1, -0.05) is 0 Å². The van der Waals surface area contributed by atoms with E-state index in [0.717, 1.165) is 19.0 Å². The second kappa shape index (κ2) is 4.84. The zero-order chi connectivity index (χ0) is 12.4. The van der Waals surface area contributed by atoms with Gasteiger partial charge >= 0.3 is 0 Å². The third-order valence-corrected chi connectivity index (χ3v) is 4.71. The summed E-state index contributed by atoms with van der Waals surface area (Å²) in [5, 5.41) is 0. The van der Waals surface area contributed by atoms with E-state index >= 15 is 0 Å². The Morgan fingerprint density at radius 1 is 0.944 bits per heavy atom. The third kappa shape index (κ3) is 2.34. The Morgan fingerprint density at radius 2 is 1.50 bits per heavy atom. The van der Waals surface area contributed by atoms with Gasteiger partial charge in [0, 0.05) is 25.5 Å². The minimum atomic E-state index is 0.609.